The highest BCUT2D eigenvalue weighted by molar-refractivity contribution is 5.98. The van der Waals surface area contributed by atoms with Gasteiger partial charge in [-0.2, -0.15) is 0 Å². The maximum Gasteiger partial charge on any atom is 0.313 e. The highest BCUT2D eigenvalue weighted by Gasteiger charge is 2.34. The van der Waals surface area contributed by atoms with Crippen molar-refractivity contribution in [2.24, 2.45) is 7.05 Å². The van der Waals surface area contributed by atoms with Crippen LogP contribution in [0.25, 0.3) is 10.9 Å². The van der Waals surface area contributed by atoms with Crippen molar-refractivity contribution in [1.82, 2.24) is 4.57 Å². The fourth-order valence-corrected chi connectivity index (χ4v) is 2.41. The predicted molar refractivity (Wildman–Crippen MR) is 76.7 cm³/mol. The standard InChI is InChI=1S/C15H19NO4/c1-15(2,14(17)18)9-8-16(3)13-11(20-5)7-6-10(19-4)12(9)13/h6-8H,1-5H3,(H,17,18). The van der Waals surface area contributed by atoms with Crippen LogP contribution in [0, 0.1) is 0 Å². The van der Waals surface area contributed by atoms with E-state index in [9.17, 15) is 9.90 Å². The van der Waals surface area contributed by atoms with Gasteiger partial charge in [0, 0.05) is 18.6 Å². The minimum absolute atomic E-state index is 0.644. The number of fused-ring (bicyclic) bond motifs is 1. The molecule has 5 heteroatoms. The maximum atomic E-state index is 11.5. The lowest BCUT2D eigenvalue weighted by Crippen LogP contribution is -2.28. The first-order valence-electron chi connectivity index (χ1n) is 6.28. The number of hydrogen-bond donors (Lipinski definition) is 1. The zero-order valence-electron chi connectivity index (χ0n) is 12.4. The van der Waals surface area contributed by atoms with Crippen LogP contribution in [-0.2, 0) is 17.3 Å². The van der Waals surface area contributed by atoms with Crippen LogP contribution in [0.1, 0.15) is 19.4 Å². The molecule has 0 radical (unpaired) electrons. The molecule has 0 unspecified atom stereocenters. The second-order valence-corrected chi connectivity index (χ2v) is 5.28. The van der Waals surface area contributed by atoms with Crippen LogP contribution < -0.4 is 9.47 Å². The molecule has 0 aliphatic carbocycles. The Balaban J connectivity index is 2.91. The molecule has 0 spiro atoms. The number of hydrogen-bond acceptors (Lipinski definition) is 3. The molecule has 0 fully saturated rings. The third-order valence-electron chi connectivity index (χ3n) is 3.70. The van der Waals surface area contributed by atoms with Gasteiger partial charge >= 0.3 is 5.97 Å². The van der Waals surface area contributed by atoms with Gasteiger partial charge in [-0.05, 0) is 31.5 Å². The van der Waals surface area contributed by atoms with Gasteiger partial charge in [-0.25, -0.2) is 0 Å². The lowest BCUT2D eigenvalue weighted by atomic mass is 9.84. The van der Waals surface area contributed by atoms with Crippen molar-refractivity contribution in [3.05, 3.63) is 23.9 Å². The van der Waals surface area contributed by atoms with E-state index in [1.54, 1.807) is 34.1 Å². The average Bonchev–Trinajstić information content (AvgIpc) is 2.76. The van der Waals surface area contributed by atoms with Crippen LogP contribution >= 0.6 is 0 Å². The topological polar surface area (TPSA) is 60.7 Å². The molecule has 0 atom stereocenters. The number of aryl methyl sites for hydroxylation is 1. The van der Waals surface area contributed by atoms with Crippen molar-refractivity contribution in [2.45, 2.75) is 19.3 Å². The summed E-state index contributed by atoms with van der Waals surface area (Å²) in [4.78, 5) is 11.5. The second kappa shape index (κ2) is 4.74. The summed E-state index contributed by atoms with van der Waals surface area (Å²) in [6, 6.07) is 3.61. The first-order chi connectivity index (χ1) is 9.34. The zero-order chi connectivity index (χ0) is 15.1. The van der Waals surface area contributed by atoms with Crippen molar-refractivity contribution in [3.8, 4) is 11.5 Å². The van der Waals surface area contributed by atoms with Gasteiger partial charge < -0.3 is 19.1 Å². The zero-order valence-corrected chi connectivity index (χ0v) is 12.4. The minimum atomic E-state index is -1.01. The first-order valence-corrected chi connectivity index (χ1v) is 6.28. The quantitative estimate of drug-likeness (QED) is 0.933. The number of rotatable bonds is 4. The van der Waals surface area contributed by atoms with Crippen LogP contribution in [0.4, 0.5) is 0 Å². The Morgan fingerprint density at radius 1 is 1.20 bits per heavy atom. The van der Waals surface area contributed by atoms with E-state index in [1.165, 1.54) is 0 Å². The Bertz CT molecular complexity index is 670. The molecule has 1 aromatic heterocycles. The molecule has 0 aliphatic heterocycles. The van der Waals surface area contributed by atoms with Crippen molar-refractivity contribution in [3.63, 3.8) is 0 Å². The van der Waals surface area contributed by atoms with Gasteiger partial charge in [0.05, 0.1) is 25.2 Å². The Morgan fingerprint density at radius 3 is 2.25 bits per heavy atom. The summed E-state index contributed by atoms with van der Waals surface area (Å²) in [5.74, 6) is 0.455. The number of benzene rings is 1. The monoisotopic (exact) mass is 277 g/mol. The molecule has 1 heterocycles. The van der Waals surface area contributed by atoms with Crippen molar-refractivity contribution in [2.75, 3.05) is 14.2 Å². The molecule has 0 amide bonds. The summed E-state index contributed by atoms with van der Waals surface area (Å²) in [7, 11) is 5.04. The second-order valence-electron chi connectivity index (χ2n) is 5.28. The Hall–Kier alpha value is -2.17. The Kier molecular flexibility index (Phi) is 3.38. The largest absolute Gasteiger partial charge is 0.496 e. The average molecular weight is 277 g/mol. The van der Waals surface area contributed by atoms with E-state index in [-0.39, 0.29) is 0 Å². The number of carboxylic acid groups (broad SMARTS) is 1. The van der Waals surface area contributed by atoms with Gasteiger partial charge in [0.25, 0.3) is 0 Å². The summed E-state index contributed by atoms with van der Waals surface area (Å²) >= 11 is 0. The van der Waals surface area contributed by atoms with E-state index in [1.807, 2.05) is 23.9 Å². The summed E-state index contributed by atoms with van der Waals surface area (Å²) < 4.78 is 12.6. The smallest absolute Gasteiger partial charge is 0.313 e. The summed E-state index contributed by atoms with van der Waals surface area (Å²) in [5, 5.41) is 10.3. The summed E-state index contributed by atoms with van der Waals surface area (Å²) in [6.07, 6.45) is 1.82. The van der Waals surface area contributed by atoms with Gasteiger partial charge in [0.1, 0.15) is 11.5 Å². The molecule has 2 rings (SSSR count). The number of ether oxygens (including phenoxy) is 2. The van der Waals surface area contributed by atoms with E-state index in [2.05, 4.69) is 0 Å². The van der Waals surface area contributed by atoms with Gasteiger partial charge in [-0.15, -0.1) is 0 Å². The fourth-order valence-electron chi connectivity index (χ4n) is 2.41. The Labute approximate surface area is 117 Å². The molecular formula is C15H19NO4. The van der Waals surface area contributed by atoms with E-state index in [0.717, 1.165) is 10.9 Å². The van der Waals surface area contributed by atoms with E-state index < -0.39 is 11.4 Å². The van der Waals surface area contributed by atoms with E-state index in [0.29, 0.717) is 17.1 Å². The number of aromatic nitrogens is 1. The molecule has 108 valence electrons. The summed E-state index contributed by atoms with van der Waals surface area (Å²) in [6.45, 7) is 3.37. The molecule has 0 saturated carbocycles. The molecule has 1 aromatic carbocycles. The molecule has 2 aromatic rings. The molecule has 5 nitrogen and oxygen atoms in total. The number of carbonyl (C=O) groups is 1. The van der Waals surface area contributed by atoms with Gasteiger partial charge in [-0.3, -0.25) is 4.79 Å². The molecule has 0 aliphatic rings. The van der Waals surface area contributed by atoms with Gasteiger partial charge in [-0.1, -0.05) is 0 Å². The normalized spacial score (nSPS) is 11.7. The molecule has 0 bridgehead atoms. The van der Waals surface area contributed by atoms with Gasteiger partial charge in [0.15, 0.2) is 0 Å². The number of nitrogens with zero attached hydrogens (tertiary/aromatic N) is 1. The third-order valence-corrected chi connectivity index (χ3v) is 3.70. The highest BCUT2D eigenvalue weighted by atomic mass is 16.5. The maximum absolute atomic E-state index is 11.5. The third kappa shape index (κ3) is 1.90. The number of aliphatic carboxylic acids is 1. The SMILES string of the molecule is COc1ccc(OC)c2c1c(C(C)(C)C(=O)O)cn2C. The van der Waals surface area contributed by atoms with Crippen LogP contribution in [0.3, 0.4) is 0 Å². The fraction of sp³-hybridized carbons (Fsp3) is 0.400. The minimum Gasteiger partial charge on any atom is -0.496 e. The van der Waals surface area contributed by atoms with Crippen LogP contribution in [0.2, 0.25) is 0 Å². The lowest BCUT2D eigenvalue weighted by Gasteiger charge is -2.19. The van der Waals surface area contributed by atoms with Crippen LogP contribution in [0.15, 0.2) is 18.3 Å². The van der Waals surface area contributed by atoms with Crippen molar-refractivity contribution >= 4 is 16.9 Å². The first kappa shape index (κ1) is 14.2. The number of carboxylic acids is 1. The molecule has 1 N–H and O–H groups in total. The molecular weight excluding hydrogens is 258 g/mol. The van der Waals surface area contributed by atoms with Crippen molar-refractivity contribution < 1.29 is 19.4 Å². The van der Waals surface area contributed by atoms with E-state index in [4.69, 9.17) is 9.47 Å². The highest BCUT2D eigenvalue weighted by Crippen LogP contribution is 2.41. The number of methoxy groups -OCH3 is 2. The Morgan fingerprint density at radius 2 is 1.75 bits per heavy atom. The molecule has 0 saturated heterocycles. The van der Waals surface area contributed by atoms with E-state index >= 15 is 0 Å². The van der Waals surface area contributed by atoms with Crippen molar-refractivity contribution in [1.29, 1.82) is 0 Å². The summed E-state index contributed by atoms with van der Waals surface area (Å²) in [5.41, 5.74) is 0.522. The lowest BCUT2D eigenvalue weighted by molar-refractivity contribution is -0.142. The van der Waals surface area contributed by atoms with Crippen LogP contribution in [-0.4, -0.2) is 29.9 Å². The molecule has 20 heavy (non-hydrogen) atoms. The van der Waals surface area contributed by atoms with Gasteiger partial charge in [0.2, 0.25) is 0 Å². The van der Waals surface area contributed by atoms with Crippen LogP contribution in [0.5, 0.6) is 11.5 Å². The predicted octanol–water partition coefficient (Wildman–Crippen LogP) is 2.56.